The Morgan fingerprint density at radius 2 is 1.92 bits per heavy atom. The minimum Gasteiger partial charge on any atom is -0.312 e. The highest BCUT2D eigenvalue weighted by atomic mass is 32.2. The molecule has 2 aromatic carbocycles. The van der Waals surface area contributed by atoms with E-state index in [2.05, 4.69) is 4.72 Å². The van der Waals surface area contributed by atoms with Crippen molar-refractivity contribution in [3.63, 3.8) is 0 Å². The number of nitrogens with zero attached hydrogens (tertiary/aromatic N) is 1. The number of sulfonamides is 1. The molecule has 0 bridgehead atoms. The Morgan fingerprint density at radius 3 is 2.60 bits per heavy atom. The molecular formula is C18H19FN2O3S. The van der Waals surface area contributed by atoms with Crippen LogP contribution in [0.4, 0.5) is 10.1 Å². The number of amides is 1. The molecule has 0 spiro atoms. The van der Waals surface area contributed by atoms with Crippen LogP contribution in [0.2, 0.25) is 0 Å². The van der Waals surface area contributed by atoms with Gasteiger partial charge in [0.25, 0.3) is 0 Å². The van der Waals surface area contributed by atoms with E-state index in [4.69, 9.17) is 0 Å². The first-order chi connectivity index (χ1) is 11.8. The summed E-state index contributed by atoms with van der Waals surface area (Å²) < 4.78 is 40.2. The Morgan fingerprint density at radius 1 is 1.20 bits per heavy atom. The largest absolute Gasteiger partial charge is 0.312 e. The SMILES string of the molecule is Cc1ccc(N2CC(CNS(=O)(=O)c3cccc(F)c3)CC2=O)cc1. The molecule has 132 valence electrons. The van der Waals surface area contributed by atoms with Crippen molar-refractivity contribution in [2.75, 3.05) is 18.0 Å². The summed E-state index contributed by atoms with van der Waals surface area (Å²) in [7, 11) is -3.80. The first-order valence-corrected chi connectivity index (χ1v) is 9.46. The molecule has 5 nitrogen and oxygen atoms in total. The maximum atomic E-state index is 13.2. The van der Waals surface area contributed by atoms with Gasteiger partial charge in [-0.3, -0.25) is 4.79 Å². The Hall–Kier alpha value is -2.25. The Kier molecular flexibility index (Phi) is 4.87. The zero-order valence-electron chi connectivity index (χ0n) is 13.8. The minimum absolute atomic E-state index is 0.0289. The van der Waals surface area contributed by atoms with Crippen molar-refractivity contribution in [3.05, 3.63) is 59.9 Å². The molecule has 1 atom stereocenters. The van der Waals surface area contributed by atoms with Gasteiger partial charge in [0.15, 0.2) is 0 Å². The molecule has 2 aromatic rings. The van der Waals surface area contributed by atoms with Gasteiger partial charge in [-0.05, 0) is 43.2 Å². The van der Waals surface area contributed by atoms with E-state index in [9.17, 15) is 17.6 Å². The molecule has 1 fully saturated rings. The summed E-state index contributed by atoms with van der Waals surface area (Å²) in [6.45, 7) is 2.56. The van der Waals surface area contributed by atoms with Crippen LogP contribution in [-0.2, 0) is 14.8 Å². The van der Waals surface area contributed by atoms with E-state index in [1.807, 2.05) is 31.2 Å². The lowest BCUT2D eigenvalue weighted by Crippen LogP contribution is -2.31. The predicted octanol–water partition coefficient (Wildman–Crippen LogP) is 2.47. The summed E-state index contributed by atoms with van der Waals surface area (Å²) in [4.78, 5) is 13.8. The smallest absolute Gasteiger partial charge is 0.240 e. The Balaban J connectivity index is 1.65. The first kappa shape index (κ1) is 17.6. The monoisotopic (exact) mass is 362 g/mol. The van der Waals surface area contributed by atoms with Gasteiger partial charge in [-0.2, -0.15) is 0 Å². The fraction of sp³-hybridized carbons (Fsp3) is 0.278. The maximum absolute atomic E-state index is 13.2. The zero-order valence-corrected chi connectivity index (χ0v) is 14.6. The van der Waals surface area contributed by atoms with E-state index >= 15 is 0 Å². The molecule has 3 rings (SSSR count). The maximum Gasteiger partial charge on any atom is 0.240 e. The van der Waals surface area contributed by atoms with E-state index in [1.165, 1.54) is 18.2 Å². The number of carbonyl (C=O) groups is 1. The lowest BCUT2D eigenvalue weighted by atomic mass is 10.1. The summed E-state index contributed by atoms with van der Waals surface area (Å²) in [5.41, 5.74) is 1.92. The van der Waals surface area contributed by atoms with Crippen LogP contribution in [0, 0.1) is 18.7 Å². The summed E-state index contributed by atoms with van der Waals surface area (Å²) in [6, 6.07) is 12.5. The van der Waals surface area contributed by atoms with Crippen LogP contribution < -0.4 is 9.62 Å². The summed E-state index contributed by atoms with van der Waals surface area (Å²) in [5, 5.41) is 0. The molecule has 1 N–H and O–H groups in total. The molecule has 25 heavy (non-hydrogen) atoms. The molecule has 1 aliphatic heterocycles. The van der Waals surface area contributed by atoms with Gasteiger partial charge in [0.05, 0.1) is 4.90 Å². The van der Waals surface area contributed by atoms with Crippen molar-refractivity contribution in [2.24, 2.45) is 5.92 Å². The topological polar surface area (TPSA) is 66.5 Å². The van der Waals surface area contributed by atoms with E-state index in [0.29, 0.717) is 6.54 Å². The van der Waals surface area contributed by atoms with Crippen molar-refractivity contribution in [3.8, 4) is 0 Å². The number of hydrogen-bond acceptors (Lipinski definition) is 3. The number of anilines is 1. The van der Waals surface area contributed by atoms with E-state index < -0.39 is 15.8 Å². The third-order valence-corrected chi connectivity index (χ3v) is 5.64. The van der Waals surface area contributed by atoms with Gasteiger partial charge in [0.1, 0.15) is 5.82 Å². The second-order valence-corrected chi connectivity index (χ2v) is 7.99. The van der Waals surface area contributed by atoms with Crippen LogP contribution >= 0.6 is 0 Å². The van der Waals surface area contributed by atoms with Crippen LogP contribution in [0.25, 0.3) is 0 Å². The molecule has 0 radical (unpaired) electrons. The Bertz CT molecular complexity index is 881. The lowest BCUT2D eigenvalue weighted by Gasteiger charge is -2.17. The molecule has 0 aromatic heterocycles. The Labute approximate surface area is 146 Å². The molecule has 0 aliphatic carbocycles. The normalized spacial score (nSPS) is 17.9. The van der Waals surface area contributed by atoms with Crippen molar-refractivity contribution in [1.29, 1.82) is 0 Å². The van der Waals surface area contributed by atoms with Gasteiger partial charge in [-0.15, -0.1) is 0 Å². The lowest BCUT2D eigenvalue weighted by molar-refractivity contribution is -0.117. The van der Waals surface area contributed by atoms with Gasteiger partial charge in [-0.1, -0.05) is 23.8 Å². The molecule has 1 heterocycles. The van der Waals surface area contributed by atoms with Crippen molar-refractivity contribution in [1.82, 2.24) is 4.72 Å². The van der Waals surface area contributed by atoms with Gasteiger partial charge in [0.2, 0.25) is 15.9 Å². The van der Waals surface area contributed by atoms with E-state index in [0.717, 1.165) is 17.3 Å². The molecule has 0 saturated carbocycles. The fourth-order valence-corrected chi connectivity index (χ4v) is 3.98. The van der Waals surface area contributed by atoms with Crippen LogP contribution in [-0.4, -0.2) is 27.4 Å². The van der Waals surface area contributed by atoms with E-state index in [1.54, 1.807) is 4.90 Å². The number of aryl methyl sites for hydroxylation is 1. The van der Waals surface area contributed by atoms with Crippen LogP contribution in [0.1, 0.15) is 12.0 Å². The number of carbonyl (C=O) groups excluding carboxylic acids is 1. The van der Waals surface area contributed by atoms with Crippen molar-refractivity contribution >= 4 is 21.6 Å². The third kappa shape index (κ3) is 4.05. The van der Waals surface area contributed by atoms with E-state index in [-0.39, 0.29) is 29.7 Å². The summed E-state index contributed by atoms with van der Waals surface area (Å²) >= 11 is 0. The number of rotatable bonds is 5. The number of nitrogens with one attached hydrogen (secondary N) is 1. The number of hydrogen-bond donors (Lipinski definition) is 1. The number of benzene rings is 2. The molecule has 1 unspecified atom stereocenters. The number of halogens is 1. The third-order valence-electron chi connectivity index (χ3n) is 4.22. The van der Waals surface area contributed by atoms with Crippen LogP contribution in [0.15, 0.2) is 53.4 Å². The molecule has 1 amide bonds. The average molecular weight is 362 g/mol. The second-order valence-electron chi connectivity index (χ2n) is 6.22. The zero-order chi connectivity index (χ0) is 18.0. The molecular weight excluding hydrogens is 343 g/mol. The molecule has 1 aliphatic rings. The highest BCUT2D eigenvalue weighted by Gasteiger charge is 2.31. The predicted molar refractivity (Wildman–Crippen MR) is 93.2 cm³/mol. The minimum atomic E-state index is -3.80. The van der Waals surface area contributed by atoms with Gasteiger partial charge < -0.3 is 4.90 Å². The van der Waals surface area contributed by atoms with Crippen molar-refractivity contribution in [2.45, 2.75) is 18.2 Å². The second kappa shape index (κ2) is 6.93. The molecule has 1 saturated heterocycles. The highest BCUT2D eigenvalue weighted by molar-refractivity contribution is 7.89. The van der Waals surface area contributed by atoms with Gasteiger partial charge in [0, 0.05) is 25.2 Å². The van der Waals surface area contributed by atoms with Gasteiger partial charge in [-0.25, -0.2) is 17.5 Å². The summed E-state index contributed by atoms with van der Waals surface area (Å²) in [5.74, 6) is -0.764. The molecule has 7 heteroatoms. The van der Waals surface area contributed by atoms with Crippen molar-refractivity contribution < 1.29 is 17.6 Å². The highest BCUT2D eigenvalue weighted by Crippen LogP contribution is 2.25. The van der Waals surface area contributed by atoms with Gasteiger partial charge >= 0.3 is 0 Å². The quantitative estimate of drug-likeness (QED) is 0.889. The standard InChI is InChI=1S/C18H19FN2O3S/c1-13-5-7-16(8-6-13)21-12-14(9-18(21)22)11-20-25(23,24)17-4-2-3-15(19)10-17/h2-8,10,14,20H,9,11-12H2,1H3. The van der Waals surface area contributed by atoms with Crippen LogP contribution in [0.3, 0.4) is 0 Å². The first-order valence-electron chi connectivity index (χ1n) is 7.97. The van der Waals surface area contributed by atoms with Crippen LogP contribution in [0.5, 0.6) is 0 Å². The summed E-state index contributed by atoms with van der Waals surface area (Å²) in [6.07, 6.45) is 0.277. The average Bonchev–Trinajstić information content (AvgIpc) is 2.95. The fourth-order valence-electron chi connectivity index (χ4n) is 2.84.